The minimum absolute atomic E-state index is 0.0161. The molecule has 0 saturated carbocycles. The van der Waals surface area contributed by atoms with E-state index in [1.54, 1.807) is 6.92 Å². The van der Waals surface area contributed by atoms with Crippen LogP contribution >= 0.6 is 0 Å². The number of carbonyl (C=O) groups is 3. The second-order valence-corrected chi connectivity index (χ2v) is 7.10. The van der Waals surface area contributed by atoms with Crippen LogP contribution in [-0.4, -0.2) is 61.4 Å². The summed E-state index contributed by atoms with van der Waals surface area (Å²) < 4.78 is 37.8. The molecule has 1 aromatic carbocycles. The van der Waals surface area contributed by atoms with Crippen LogP contribution in [0.2, 0.25) is 0 Å². The van der Waals surface area contributed by atoms with Crippen LogP contribution in [-0.2, 0) is 27.0 Å². The minimum atomic E-state index is -4.39. The van der Waals surface area contributed by atoms with Crippen LogP contribution < -0.4 is 22.1 Å². The highest BCUT2D eigenvalue weighted by molar-refractivity contribution is 5.87. The molecule has 11 heteroatoms. The normalized spacial score (nSPS) is 12.2. The van der Waals surface area contributed by atoms with Gasteiger partial charge in [0, 0.05) is 45.1 Å². The molecule has 6 N–H and O–H groups in total. The Morgan fingerprint density at radius 1 is 1.00 bits per heavy atom. The predicted octanol–water partition coefficient (Wildman–Crippen LogP) is 0.395. The largest absolute Gasteiger partial charge is 0.416 e. The lowest BCUT2D eigenvalue weighted by Crippen LogP contribution is -2.42. The molecule has 0 heterocycles. The van der Waals surface area contributed by atoms with Gasteiger partial charge in [-0.2, -0.15) is 13.2 Å². The molecule has 0 radical (unpaired) electrons. The Hall–Kier alpha value is -2.66. The SMILES string of the molecule is C[C@H](Cc1ccc(C(F)(F)F)cc1)NC(=O)CNC(=O)CCC(=O)N(CCN)CCN. The Morgan fingerprint density at radius 3 is 2.10 bits per heavy atom. The third kappa shape index (κ3) is 10.3. The van der Waals surface area contributed by atoms with Crippen molar-refractivity contribution in [2.24, 2.45) is 11.5 Å². The molecule has 0 spiro atoms. The first-order chi connectivity index (χ1) is 14.6. The van der Waals surface area contributed by atoms with E-state index in [0.29, 0.717) is 38.2 Å². The molecule has 0 aromatic heterocycles. The van der Waals surface area contributed by atoms with Crippen molar-refractivity contribution in [2.45, 2.75) is 38.4 Å². The summed E-state index contributed by atoms with van der Waals surface area (Å²) >= 11 is 0. The lowest BCUT2D eigenvalue weighted by atomic mass is 10.0. The van der Waals surface area contributed by atoms with E-state index < -0.39 is 23.6 Å². The van der Waals surface area contributed by atoms with E-state index in [0.717, 1.165) is 12.1 Å². The molecule has 0 aliphatic carbocycles. The Morgan fingerprint density at radius 2 is 1.58 bits per heavy atom. The van der Waals surface area contributed by atoms with Gasteiger partial charge in [-0.05, 0) is 31.0 Å². The highest BCUT2D eigenvalue weighted by Gasteiger charge is 2.30. The van der Waals surface area contributed by atoms with E-state index in [4.69, 9.17) is 11.5 Å². The van der Waals surface area contributed by atoms with Crippen molar-refractivity contribution in [3.63, 3.8) is 0 Å². The zero-order valence-corrected chi connectivity index (χ0v) is 17.5. The van der Waals surface area contributed by atoms with Gasteiger partial charge in [0.05, 0.1) is 12.1 Å². The third-order valence-electron chi connectivity index (χ3n) is 4.39. The highest BCUT2D eigenvalue weighted by Crippen LogP contribution is 2.29. The minimum Gasteiger partial charge on any atom is -0.352 e. The molecule has 31 heavy (non-hydrogen) atoms. The molecular formula is C20H30F3N5O3. The summed E-state index contributed by atoms with van der Waals surface area (Å²) in [5.74, 6) is -1.12. The van der Waals surface area contributed by atoms with Crippen LogP contribution in [0.15, 0.2) is 24.3 Å². The van der Waals surface area contributed by atoms with Crippen LogP contribution in [0.25, 0.3) is 0 Å². The number of halogens is 3. The summed E-state index contributed by atoms with van der Waals surface area (Å²) in [7, 11) is 0. The standard InChI is InChI=1S/C20H30F3N5O3/c1-14(12-15-2-4-16(5-3-15)20(21,22)23)27-18(30)13-26-17(29)6-7-19(31)28(10-8-24)11-9-25/h2-5,14H,6-13,24-25H2,1H3,(H,26,29)(H,27,30)/t14-/m1/s1. The number of nitrogens with two attached hydrogens (primary N) is 2. The molecule has 1 rings (SSSR count). The Bertz CT molecular complexity index is 720. The molecule has 0 aliphatic rings. The zero-order valence-electron chi connectivity index (χ0n) is 17.5. The summed E-state index contributed by atoms with van der Waals surface area (Å²) in [5.41, 5.74) is 10.8. The zero-order chi connectivity index (χ0) is 23.4. The fraction of sp³-hybridized carbons (Fsp3) is 0.550. The number of hydrogen-bond donors (Lipinski definition) is 4. The van der Waals surface area contributed by atoms with Gasteiger partial charge >= 0.3 is 6.18 Å². The maximum Gasteiger partial charge on any atom is 0.416 e. The molecule has 0 unspecified atom stereocenters. The van der Waals surface area contributed by atoms with E-state index in [2.05, 4.69) is 10.6 Å². The van der Waals surface area contributed by atoms with Crippen LogP contribution in [0.4, 0.5) is 13.2 Å². The van der Waals surface area contributed by atoms with Gasteiger partial charge in [-0.15, -0.1) is 0 Å². The molecule has 1 atom stereocenters. The van der Waals surface area contributed by atoms with Gasteiger partial charge in [-0.3, -0.25) is 14.4 Å². The summed E-state index contributed by atoms with van der Waals surface area (Å²) in [6, 6.07) is 4.37. The topological polar surface area (TPSA) is 131 Å². The van der Waals surface area contributed by atoms with Crippen LogP contribution in [0.5, 0.6) is 0 Å². The van der Waals surface area contributed by atoms with Crippen molar-refractivity contribution >= 4 is 17.7 Å². The van der Waals surface area contributed by atoms with Gasteiger partial charge < -0.3 is 27.0 Å². The predicted molar refractivity (Wildman–Crippen MR) is 110 cm³/mol. The number of hydrogen-bond acceptors (Lipinski definition) is 5. The number of carbonyl (C=O) groups excluding carboxylic acids is 3. The first kappa shape index (κ1) is 26.4. The van der Waals surface area contributed by atoms with E-state index in [1.807, 2.05) is 0 Å². The molecule has 1 aromatic rings. The van der Waals surface area contributed by atoms with Crippen molar-refractivity contribution in [1.82, 2.24) is 15.5 Å². The second kappa shape index (κ2) is 12.9. The maximum atomic E-state index is 12.6. The fourth-order valence-corrected chi connectivity index (χ4v) is 2.88. The molecule has 0 saturated heterocycles. The maximum absolute atomic E-state index is 12.6. The Kier molecular flexibility index (Phi) is 11.0. The van der Waals surface area contributed by atoms with Gasteiger partial charge in [-0.25, -0.2) is 0 Å². The van der Waals surface area contributed by atoms with E-state index in [9.17, 15) is 27.6 Å². The molecule has 3 amide bonds. The summed E-state index contributed by atoms with van der Waals surface area (Å²) in [6.07, 6.45) is -4.14. The van der Waals surface area contributed by atoms with Gasteiger partial charge in [0.2, 0.25) is 17.7 Å². The number of nitrogens with one attached hydrogen (secondary N) is 2. The van der Waals surface area contributed by atoms with Crippen molar-refractivity contribution in [3.05, 3.63) is 35.4 Å². The number of rotatable bonds is 12. The average molecular weight is 445 g/mol. The van der Waals surface area contributed by atoms with Gasteiger partial charge in [-0.1, -0.05) is 12.1 Å². The quantitative estimate of drug-likeness (QED) is 0.370. The van der Waals surface area contributed by atoms with Crippen LogP contribution in [0, 0.1) is 0 Å². The van der Waals surface area contributed by atoms with Crippen molar-refractivity contribution < 1.29 is 27.6 Å². The lowest BCUT2D eigenvalue weighted by molar-refractivity contribution is -0.137. The van der Waals surface area contributed by atoms with Gasteiger partial charge in [0.1, 0.15) is 0 Å². The smallest absolute Gasteiger partial charge is 0.352 e. The summed E-state index contributed by atoms with van der Waals surface area (Å²) in [4.78, 5) is 37.4. The average Bonchev–Trinajstić information content (AvgIpc) is 2.70. The number of benzene rings is 1. The Balaban J connectivity index is 2.35. The van der Waals surface area contributed by atoms with E-state index in [-0.39, 0.29) is 31.3 Å². The third-order valence-corrected chi connectivity index (χ3v) is 4.39. The molecule has 174 valence electrons. The monoisotopic (exact) mass is 445 g/mol. The Labute approximate surface area is 179 Å². The lowest BCUT2D eigenvalue weighted by Gasteiger charge is -2.21. The first-order valence-electron chi connectivity index (χ1n) is 9.97. The van der Waals surface area contributed by atoms with Gasteiger partial charge in [0.15, 0.2) is 0 Å². The van der Waals surface area contributed by atoms with Crippen LogP contribution in [0.1, 0.15) is 30.9 Å². The molecule has 8 nitrogen and oxygen atoms in total. The fourth-order valence-electron chi connectivity index (χ4n) is 2.88. The summed E-state index contributed by atoms with van der Waals surface area (Å²) in [6.45, 7) is 2.75. The number of alkyl halides is 3. The van der Waals surface area contributed by atoms with E-state index >= 15 is 0 Å². The molecule has 0 bridgehead atoms. The highest BCUT2D eigenvalue weighted by atomic mass is 19.4. The molecular weight excluding hydrogens is 415 g/mol. The molecule has 0 aliphatic heterocycles. The van der Waals surface area contributed by atoms with Gasteiger partial charge in [0.25, 0.3) is 0 Å². The number of nitrogens with zero attached hydrogens (tertiary/aromatic N) is 1. The van der Waals surface area contributed by atoms with Crippen LogP contribution in [0.3, 0.4) is 0 Å². The summed E-state index contributed by atoms with van der Waals surface area (Å²) in [5, 5.41) is 5.10. The van der Waals surface area contributed by atoms with E-state index in [1.165, 1.54) is 17.0 Å². The van der Waals surface area contributed by atoms with Crippen molar-refractivity contribution in [2.75, 3.05) is 32.7 Å². The molecule has 0 fully saturated rings. The van der Waals surface area contributed by atoms with Crippen molar-refractivity contribution in [3.8, 4) is 0 Å². The van der Waals surface area contributed by atoms with Crippen molar-refractivity contribution in [1.29, 1.82) is 0 Å². The first-order valence-corrected chi connectivity index (χ1v) is 9.97. The number of amides is 3. The second-order valence-electron chi connectivity index (χ2n) is 7.10.